The zero-order chi connectivity index (χ0) is 18.5. The van der Waals surface area contributed by atoms with Crippen molar-refractivity contribution in [2.75, 3.05) is 50.1 Å². The van der Waals surface area contributed by atoms with E-state index >= 15 is 0 Å². The monoisotopic (exact) mass is 353 g/mol. The van der Waals surface area contributed by atoms with Gasteiger partial charge < -0.3 is 15.0 Å². The van der Waals surface area contributed by atoms with E-state index in [1.54, 1.807) is 7.11 Å². The Morgan fingerprint density at radius 2 is 1.85 bits per heavy atom. The Bertz CT molecular complexity index is 768. The van der Waals surface area contributed by atoms with Crippen LogP contribution in [-0.2, 0) is 4.79 Å². The largest absolute Gasteiger partial charge is 0.497 e. The molecule has 1 heterocycles. The lowest BCUT2D eigenvalue weighted by molar-refractivity contribution is -0.117. The summed E-state index contributed by atoms with van der Waals surface area (Å²) < 4.78 is 5.30. The maximum atomic E-state index is 12.4. The molecule has 0 spiro atoms. The molecule has 0 saturated carbocycles. The van der Waals surface area contributed by atoms with E-state index in [2.05, 4.69) is 33.3 Å². The standard InChI is InChI=1S/C21H27N3O2/c1-16-7-8-17(2)20(13-16)22-21(25)15-23-9-11-24(12-10-23)18-5-4-6-19(14-18)26-3/h4-8,13-14H,9-12,15H2,1-3H3,(H,22,25). The van der Waals surface area contributed by atoms with Crippen molar-refractivity contribution >= 4 is 17.3 Å². The van der Waals surface area contributed by atoms with Crippen molar-refractivity contribution in [1.29, 1.82) is 0 Å². The van der Waals surface area contributed by atoms with Crippen molar-refractivity contribution in [2.45, 2.75) is 13.8 Å². The molecular weight excluding hydrogens is 326 g/mol. The molecule has 1 aliphatic rings. The summed E-state index contributed by atoms with van der Waals surface area (Å²) in [6.45, 7) is 8.04. The summed E-state index contributed by atoms with van der Waals surface area (Å²) in [4.78, 5) is 16.9. The molecule has 1 N–H and O–H groups in total. The van der Waals surface area contributed by atoms with E-state index in [-0.39, 0.29) is 5.91 Å². The van der Waals surface area contributed by atoms with E-state index in [4.69, 9.17) is 4.74 Å². The maximum absolute atomic E-state index is 12.4. The molecule has 0 atom stereocenters. The van der Waals surface area contributed by atoms with Crippen LogP contribution in [0.3, 0.4) is 0 Å². The van der Waals surface area contributed by atoms with Crippen LogP contribution in [0.2, 0.25) is 0 Å². The highest BCUT2D eigenvalue weighted by Crippen LogP contribution is 2.22. The zero-order valence-electron chi connectivity index (χ0n) is 15.8. The SMILES string of the molecule is COc1cccc(N2CCN(CC(=O)Nc3cc(C)ccc3C)CC2)c1. The first-order valence-electron chi connectivity index (χ1n) is 9.03. The van der Waals surface area contributed by atoms with Crippen molar-refractivity contribution in [2.24, 2.45) is 0 Å². The van der Waals surface area contributed by atoms with Gasteiger partial charge in [0.2, 0.25) is 5.91 Å². The first kappa shape index (κ1) is 18.3. The van der Waals surface area contributed by atoms with E-state index < -0.39 is 0 Å². The number of ether oxygens (including phenoxy) is 1. The summed E-state index contributed by atoms with van der Waals surface area (Å²) in [6, 6.07) is 14.2. The van der Waals surface area contributed by atoms with Gasteiger partial charge in [0.05, 0.1) is 13.7 Å². The van der Waals surface area contributed by atoms with E-state index in [1.807, 2.05) is 38.1 Å². The summed E-state index contributed by atoms with van der Waals surface area (Å²) >= 11 is 0. The Balaban J connectivity index is 1.52. The average molecular weight is 353 g/mol. The molecule has 1 amide bonds. The molecule has 5 heteroatoms. The number of methoxy groups -OCH3 is 1. The quantitative estimate of drug-likeness (QED) is 0.897. The smallest absolute Gasteiger partial charge is 0.238 e. The molecule has 2 aromatic rings. The second-order valence-electron chi connectivity index (χ2n) is 6.83. The molecule has 138 valence electrons. The molecule has 0 aromatic heterocycles. The number of benzene rings is 2. The van der Waals surface area contributed by atoms with Crippen molar-refractivity contribution < 1.29 is 9.53 Å². The first-order valence-corrected chi connectivity index (χ1v) is 9.03. The Kier molecular flexibility index (Phi) is 5.78. The van der Waals surface area contributed by atoms with Crippen LogP contribution in [0.4, 0.5) is 11.4 Å². The van der Waals surface area contributed by atoms with Crippen LogP contribution in [0.15, 0.2) is 42.5 Å². The third-order valence-electron chi connectivity index (χ3n) is 4.83. The minimum Gasteiger partial charge on any atom is -0.497 e. The van der Waals surface area contributed by atoms with Gasteiger partial charge in [-0.25, -0.2) is 0 Å². The molecular formula is C21H27N3O2. The topological polar surface area (TPSA) is 44.8 Å². The summed E-state index contributed by atoms with van der Waals surface area (Å²) in [5.74, 6) is 0.923. The second-order valence-corrected chi connectivity index (χ2v) is 6.83. The van der Waals surface area contributed by atoms with Gasteiger partial charge in [0.15, 0.2) is 0 Å². The van der Waals surface area contributed by atoms with Crippen LogP contribution in [-0.4, -0.2) is 50.6 Å². The van der Waals surface area contributed by atoms with Gasteiger partial charge in [-0.15, -0.1) is 0 Å². The number of carbonyl (C=O) groups excluding carboxylic acids is 1. The molecule has 1 saturated heterocycles. The molecule has 5 nitrogen and oxygen atoms in total. The number of piperazine rings is 1. The maximum Gasteiger partial charge on any atom is 0.238 e. The molecule has 0 aliphatic carbocycles. The second kappa shape index (κ2) is 8.23. The minimum absolute atomic E-state index is 0.0496. The number of anilines is 2. The fourth-order valence-electron chi connectivity index (χ4n) is 3.23. The van der Waals surface area contributed by atoms with Crippen molar-refractivity contribution in [3.8, 4) is 5.75 Å². The molecule has 2 aromatic carbocycles. The molecule has 1 fully saturated rings. The zero-order valence-corrected chi connectivity index (χ0v) is 15.8. The fourth-order valence-corrected chi connectivity index (χ4v) is 3.23. The van der Waals surface area contributed by atoms with Gasteiger partial charge in [-0.3, -0.25) is 9.69 Å². The average Bonchev–Trinajstić information content (AvgIpc) is 2.65. The number of hydrogen-bond acceptors (Lipinski definition) is 4. The highest BCUT2D eigenvalue weighted by Gasteiger charge is 2.19. The summed E-state index contributed by atoms with van der Waals surface area (Å²) in [5.41, 5.74) is 4.32. The van der Waals surface area contributed by atoms with Crippen LogP contribution in [0, 0.1) is 13.8 Å². The van der Waals surface area contributed by atoms with Crippen molar-refractivity contribution in [3.63, 3.8) is 0 Å². The normalized spacial score (nSPS) is 15.0. The van der Waals surface area contributed by atoms with Gasteiger partial charge in [0.1, 0.15) is 5.75 Å². The van der Waals surface area contributed by atoms with Gasteiger partial charge in [0.25, 0.3) is 0 Å². The molecule has 3 rings (SSSR count). The summed E-state index contributed by atoms with van der Waals surface area (Å²) in [5, 5.41) is 3.05. The van der Waals surface area contributed by atoms with Crippen LogP contribution >= 0.6 is 0 Å². The van der Waals surface area contributed by atoms with Gasteiger partial charge in [-0.1, -0.05) is 18.2 Å². The van der Waals surface area contributed by atoms with Gasteiger partial charge >= 0.3 is 0 Å². The Morgan fingerprint density at radius 1 is 1.08 bits per heavy atom. The Morgan fingerprint density at radius 3 is 2.58 bits per heavy atom. The van der Waals surface area contributed by atoms with Crippen LogP contribution in [0.5, 0.6) is 5.75 Å². The van der Waals surface area contributed by atoms with Gasteiger partial charge in [0, 0.05) is 43.6 Å². The van der Waals surface area contributed by atoms with Crippen molar-refractivity contribution in [1.82, 2.24) is 4.90 Å². The lowest BCUT2D eigenvalue weighted by atomic mass is 10.1. The van der Waals surface area contributed by atoms with Gasteiger partial charge in [-0.2, -0.15) is 0 Å². The van der Waals surface area contributed by atoms with Crippen LogP contribution in [0.25, 0.3) is 0 Å². The number of rotatable bonds is 5. The van der Waals surface area contributed by atoms with Crippen LogP contribution in [0.1, 0.15) is 11.1 Å². The number of hydrogen-bond donors (Lipinski definition) is 1. The third kappa shape index (κ3) is 4.55. The van der Waals surface area contributed by atoms with Crippen molar-refractivity contribution in [3.05, 3.63) is 53.6 Å². The van der Waals surface area contributed by atoms with E-state index in [1.165, 1.54) is 5.69 Å². The number of aryl methyl sites for hydroxylation is 2. The Hall–Kier alpha value is -2.53. The van der Waals surface area contributed by atoms with E-state index in [0.29, 0.717) is 6.54 Å². The van der Waals surface area contributed by atoms with E-state index in [9.17, 15) is 4.79 Å². The third-order valence-corrected chi connectivity index (χ3v) is 4.83. The number of nitrogens with zero attached hydrogens (tertiary/aromatic N) is 2. The number of carbonyl (C=O) groups is 1. The molecule has 0 radical (unpaired) electrons. The first-order chi connectivity index (χ1) is 12.5. The molecule has 0 bridgehead atoms. The highest BCUT2D eigenvalue weighted by molar-refractivity contribution is 5.93. The number of amides is 1. The Labute approximate surface area is 155 Å². The number of nitrogens with one attached hydrogen (secondary N) is 1. The summed E-state index contributed by atoms with van der Waals surface area (Å²) in [7, 11) is 1.69. The fraction of sp³-hybridized carbons (Fsp3) is 0.381. The lowest BCUT2D eigenvalue weighted by Crippen LogP contribution is -2.48. The lowest BCUT2D eigenvalue weighted by Gasteiger charge is -2.35. The predicted molar refractivity (Wildman–Crippen MR) is 106 cm³/mol. The van der Waals surface area contributed by atoms with Gasteiger partial charge in [-0.05, 0) is 43.2 Å². The van der Waals surface area contributed by atoms with E-state index in [0.717, 1.165) is 48.7 Å². The minimum atomic E-state index is 0.0496. The molecule has 1 aliphatic heterocycles. The summed E-state index contributed by atoms with van der Waals surface area (Å²) in [6.07, 6.45) is 0. The predicted octanol–water partition coefficient (Wildman–Crippen LogP) is 3.07. The molecule has 0 unspecified atom stereocenters. The highest BCUT2D eigenvalue weighted by atomic mass is 16.5. The molecule has 26 heavy (non-hydrogen) atoms. The van der Waals surface area contributed by atoms with Crippen LogP contribution < -0.4 is 15.0 Å².